The van der Waals surface area contributed by atoms with Crippen molar-refractivity contribution < 1.29 is 0 Å². The third-order valence-electron chi connectivity index (χ3n) is 2.58. The fourth-order valence-electron chi connectivity index (χ4n) is 1.60. The number of hydrogen-bond acceptors (Lipinski definition) is 3. The molecule has 17 heavy (non-hydrogen) atoms. The molecule has 0 amide bonds. The molecule has 1 aromatic rings. The first-order valence-electron chi connectivity index (χ1n) is 5.98. The lowest BCUT2D eigenvalue weighted by atomic mass is 10.2. The zero-order chi connectivity index (χ0) is 12.8. The van der Waals surface area contributed by atoms with Gasteiger partial charge in [0, 0.05) is 6.54 Å². The van der Waals surface area contributed by atoms with Crippen LogP contribution >= 0.6 is 15.9 Å². The third kappa shape index (κ3) is 4.24. The zero-order valence-corrected chi connectivity index (χ0v) is 12.2. The molecular formula is C12H20BrN3O. The van der Waals surface area contributed by atoms with Crippen molar-refractivity contribution in [2.45, 2.75) is 33.7 Å². The molecule has 1 rings (SSSR count). The fraction of sp³-hybridized carbons (Fsp3) is 0.667. The van der Waals surface area contributed by atoms with Crippen LogP contribution < -0.4 is 10.9 Å². The van der Waals surface area contributed by atoms with Gasteiger partial charge in [0.15, 0.2) is 0 Å². The highest BCUT2D eigenvalue weighted by Gasteiger charge is 2.08. The Hall–Kier alpha value is -0.680. The number of aromatic nitrogens is 2. The Balaban J connectivity index is 2.63. The summed E-state index contributed by atoms with van der Waals surface area (Å²) in [6.45, 7) is 8.73. The minimum Gasteiger partial charge on any atom is -0.316 e. The van der Waals surface area contributed by atoms with Crippen molar-refractivity contribution in [2.24, 2.45) is 5.92 Å². The summed E-state index contributed by atoms with van der Waals surface area (Å²) in [4.78, 5) is 16.1. The molecule has 0 fully saturated rings. The van der Waals surface area contributed by atoms with Gasteiger partial charge >= 0.3 is 0 Å². The van der Waals surface area contributed by atoms with Crippen molar-refractivity contribution in [3.63, 3.8) is 0 Å². The van der Waals surface area contributed by atoms with Crippen molar-refractivity contribution >= 4 is 15.9 Å². The molecule has 1 heterocycles. The molecule has 0 saturated carbocycles. The smallest absolute Gasteiger partial charge is 0.267 e. The number of rotatable bonds is 6. The van der Waals surface area contributed by atoms with Crippen LogP contribution in [0.2, 0.25) is 0 Å². The first-order chi connectivity index (χ1) is 8.06. The van der Waals surface area contributed by atoms with Gasteiger partial charge in [-0.1, -0.05) is 13.8 Å². The molecule has 1 aromatic heterocycles. The number of nitrogens with one attached hydrogen (secondary N) is 1. The average molecular weight is 302 g/mol. The second-order valence-electron chi connectivity index (χ2n) is 4.41. The Morgan fingerprint density at radius 2 is 2.29 bits per heavy atom. The van der Waals surface area contributed by atoms with Gasteiger partial charge in [-0.3, -0.25) is 9.36 Å². The van der Waals surface area contributed by atoms with Crippen molar-refractivity contribution in [1.29, 1.82) is 0 Å². The molecule has 96 valence electrons. The second kappa shape index (κ2) is 6.91. The largest absolute Gasteiger partial charge is 0.316 e. The van der Waals surface area contributed by atoms with E-state index in [1.807, 2.05) is 6.92 Å². The quantitative estimate of drug-likeness (QED) is 0.817. The van der Waals surface area contributed by atoms with E-state index in [0.717, 1.165) is 25.2 Å². The van der Waals surface area contributed by atoms with Crippen molar-refractivity contribution in [1.82, 2.24) is 14.9 Å². The first kappa shape index (κ1) is 14.4. The lowest BCUT2D eigenvalue weighted by Gasteiger charge is -2.14. The van der Waals surface area contributed by atoms with Crippen molar-refractivity contribution in [3.05, 3.63) is 26.8 Å². The van der Waals surface area contributed by atoms with Crippen LogP contribution in [0.4, 0.5) is 0 Å². The summed E-state index contributed by atoms with van der Waals surface area (Å²) in [5, 5.41) is 3.35. The van der Waals surface area contributed by atoms with E-state index in [2.05, 4.69) is 40.1 Å². The van der Waals surface area contributed by atoms with Gasteiger partial charge in [0.25, 0.3) is 5.56 Å². The molecule has 1 unspecified atom stereocenters. The molecule has 4 nitrogen and oxygen atoms in total. The first-order valence-corrected chi connectivity index (χ1v) is 6.77. The second-order valence-corrected chi connectivity index (χ2v) is 5.20. The average Bonchev–Trinajstić information content (AvgIpc) is 2.30. The minimum absolute atomic E-state index is 0.000147. The van der Waals surface area contributed by atoms with Crippen LogP contribution in [0.15, 0.2) is 15.6 Å². The third-order valence-corrected chi connectivity index (χ3v) is 3.50. The summed E-state index contributed by atoms with van der Waals surface area (Å²) in [6.07, 6.45) is 2.75. The molecule has 1 atom stereocenters. The van der Waals surface area contributed by atoms with Crippen LogP contribution in [-0.4, -0.2) is 22.6 Å². The fourth-order valence-corrected chi connectivity index (χ4v) is 1.93. The maximum atomic E-state index is 11.9. The topological polar surface area (TPSA) is 46.9 Å². The van der Waals surface area contributed by atoms with Crippen molar-refractivity contribution in [3.8, 4) is 0 Å². The van der Waals surface area contributed by atoms with Gasteiger partial charge in [0.2, 0.25) is 0 Å². The molecule has 0 aromatic carbocycles. The van der Waals surface area contributed by atoms with E-state index in [1.54, 1.807) is 10.9 Å². The SMILES string of the molecule is CCCNCC(C)Cn1cnc(C)c(Br)c1=O. The van der Waals surface area contributed by atoms with Gasteiger partial charge in [-0.2, -0.15) is 0 Å². The Labute approximate surface area is 111 Å². The molecular weight excluding hydrogens is 282 g/mol. The monoisotopic (exact) mass is 301 g/mol. The predicted octanol–water partition coefficient (Wildman–Crippen LogP) is 1.95. The van der Waals surface area contributed by atoms with E-state index in [1.165, 1.54) is 0 Å². The Kier molecular flexibility index (Phi) is 5.85. The van der Waals surface area contributed by atoms with Gasteiger partial charge in [-0.15, -0.1) is 0 Å². The summed E-state index contributed by atoms with van der Waals surface area (Å²) >= 11 is 3.27. The van der Waals surface area contributed by atoms with Crippen LogP contribution in [0.3, 0.4) is 0 Å². The van der Waals surface area contributed by atoms with Crippen LogP contribution in [0.25, 0.3) is 0 Å². The maximum absolute atomic E-state index is 11.9. The van der Waals surface area contributed by atoms with Gasteiger partial charge in [-0.25, -0.2) is 4.98 Å². The Bertz CT molecular complexity index is 417. The standard InChI is InChI=1S/C12H20BrN3O/c1-4-5-14-6-9(2)7-16-8-15-10(3)11(13)12(16)17/h8-9,14H,4-7H2,1-3H3. The van der Waals surface area contributed by atoms with Gasteiger partial charge in [0.05, 0.1) is 12.0 Å². The molecule has 0 aliphatic carbocycles. The maximum Gasteiger partial charge on any atom is 0.267 e. The summed E-state index contributed by atoms with van der Waals surface area (Å²) < 4.78 is 2.23. The zero-order valence-electron chi connectivity index (χ0n) is 10.7. The van der Waals surface area contributed by atoms with Crippen LogP contribution in [0.1, 0.15) is 26.0 Å². The minimum atomic E-state index is -0.000147. The summed E-state index contributed by atoms with van der Waals surface area (Å²) in [6, 6.07) is 0. The Morgan fingerprint density at radius 1 is 1.59 bits per heavy atom. The highest BCUT2D eigenvalue weighted by molar-refractivity contribution is 9.10. The van der Waals surface area contributed by atoms with Gasteiger partial charge in [0.1, 0.15) is 4.47 Å². The number of halogens is 1. The number of hydrogen-bond donors (Lipinski definition) is 1. The molecule has 1 N–H and O–H groups in total. The van der Waals surface area contributed by atoms with Crippen LogP contribution in [0, 0.1) is 12.8 Å². The predicted molar refractivity (Wildman–Crippen MR) is 73.3 cm³/mol. The normalized spacial score (nSPS) is 12.7. The lowest BCUT2D eigenvalue weighted by molar-refractivity contribution is 0.435. The van der Waals surface area contributed by atoms with E-state index in [4.69, 9.17) is 0 Å². The Morgan fingerprint density at radius 3 is 2.94 bits per heavy atom. The highest BCUT2D eigenvalue weighted by atomic mass is 79.9. The summed E-state index contributed by atoms with van der Waals surface area (Å²) in [7, 11) is 0. The molecule has 0 radical (unpaired) electrons. The van der Waals surface area contributed by atoms with E-state index in [-0.39, 0.29) is 5.56 Å². The molecule has 0 spiro atoms. The van der Waals surface area contributed by atoms with Crippen molar-refractivity contribution in [2.75, 3.05) is 13.1 Å². The lowest BCUT2D eigenvalue weighted by Crippen LogP contribution is -2.30. The molecule has 0 aliphatic rings. The molecule has 0 bridgehead atoms. The summed E-state index contributed by atoms with van der Waals surface area (Å²) in [5.74, 6) is 0.413. The number of aryl methyl sites for hydroxylation is 1. The highest BCUT2D eigenvalue weighted by Crippen LogP contribution is 2.07. The summed E-state index contributed by atoms with van der Waals surface area (Å²) in [5.41, 5.74) is 0.739. The molecule has 0 saturated heterocycles. The van der Waals surface area contributed by atoms with E-state index < -0.39 is 0 Å². The van der Waals surface area contributed by atoms with Crippen LogP contribution in [-0.2, 0) is 6.54 Å². The molecule has 0 aliphatic heterocycles. The van der Waals surface area contributed by atoms with Gasteiger partial charge in [-0.05, 0) is 48.3 Å². The van der Waals surface area contributed by atoms with Crippen LogP contribution in [0.5, 0.6) is 0 Å². The molecule has 5 heteroatoms. The van der Waals surface area contributed by atoms with Gasteiger partial charge < -0.3 is 5.32 Å². The van der Waals surface area contributed by atoms with E-state index in [0.29, 0.717) is 16.9 Å². The van der Waals surface area contributed by atoms with E-state index in [9.17, 15) is 4.79 Å². The van der Waals surface area contributed by atoms with E-state index >= 15 is 0 Å². The number of nitrogens with zero attached hydrogens (tertiary/aromatic N) is 2.